The van der Waals surface area contributed by atoms with E-state index in [0.29, 0.717) is 5.02 Å². The molecule has 0 aromatic heterocycles. The lowest BCUT2D eigenvalue weighted by Gasteiger charge is -2.23. The number of nitrogens with zero attached hydrogens (tertiary/aromatic N) is 3. The molecule has 3 rings (SSSR count). The van der Waals surface area contributed by atoms with Gasteiger partial charge < -0.3 is 0 Å². The van der Waals surface area contributed by atoms with E-state index in [-0.39, 0.29) is 26.9 Å². The maximum absolute atomic E-state index is 13.2. The maximum Gasteiger partial charge on any atom is 0.270 e. The molecule has 0 aliphatic rings. The Bertz CT molecular complexity index is 1300. The first-order valence-electron chi connectivity index (χ1n) is 9.27. The van der Waals surface area contributed by atoms with E-state index >= 15 is 0 Å². The summed E-state index contributed by atoms with van der Waals surface area (Å²) >= 11 is 11.9. The highest BCUT2D eigenvalue weighted by Crippen LogP contribution is 2.25. The lowest BCUT2D eigenvalue weighted by Crippen LogP contribution is -2.39. The minimum Gasteiger partial charge on any atom is -0.271 e. The Kier molecular flexibility index (Phi) is 7.64. The van der Waals surface area contributed by atoms with Crippen LogP contribution >= 0.6 is 23.2 Å². The molecule has 9 nitrogen and oxygen atoms in total. The number of halogens is 2. The first-order valence-corrected chi connectivity index (χ1v) is 11.5. The maximum atomic E-state index is 13.2. The second kappa shape index (κ2) is 10.4. The average Bonchev–Trinajstić information content (AvgIpc) is 2.80. The number of anilines is 1. The summed E-state index contributed by atoms with van der Waals surface area (Å²) in [7, 11) is -4.08. The standard InChI is InChI=1S/C21H16Cl2N4O5S/c22-16-6-8-17(9-7-16)26(33(31,32)19-4-2-1-3-5-19)14-21(28)25-24-13-15-12-18(27(29)30)10-11-20(15)23/h1-13H,14H2,(H,25,28)/b24-13+. The largest absolute Gasteiger partial charge is 0.271 e. The number of benzene rings is 3. The van der Waals surface area contributed by atoms with Crippen LogP contribution in [-0.2, 0) is 14.8 Å². The number of hydrazone groups is 1. The van der Waals surface area contributed by atoms with Crippen LogP contribution in [0.3, 0.4) is 0 Å². The molecular weight excluding hydrogens is 491 g/mol. The van der Waals surface area contributed by atoms with Gasteiger partial charge in [0.25, 0.3) is 21.6 Å². The molecular formula is C21H16Cl2N4O5S. The number of sulfonamides is 1. The molecule has 0 radical (unpaired) electrons. The number of amides is 1. The number of nitro groups is 1. The van der Waals surface area contributed by atoms with Gasteiger partial charge in [-0.3, -0.25) is 19.2 Å². The highest BCUT2D eigenvalue weighted by atomic mass is 35.5. The predicted octanol–water partition coefficient (Wildman–Crippen LogP) is 4.25. The molecule has 0 unspecified atom stereocenters. The van der Waals surface area contributed by atoms with E-state index in [1.165, 1.54) is 54.6 Å². The molecule has 0 heterocycles. The van der Waals surface area contributed by atoms with Gasteiger partial charge in [0.1, 0.15) is 6.54 Å². The molecule has 0 saturated carbocycles. The third-order valence-electron chi connectivity index (χ3n) is 4.32. The molecule has 3 aromatic carbocycles. The van der Waals surface area contributed by atoms with Gasteiger partial charge in [-0.2, -0.15) is 5.10 Å². The van der Waals surface area contributed by atoms with Crippen LogP contribution in [0.1, 0.15) is 5.56 Å². The molecule has 0 atom stereocenters. The Labute approximate surface area is 199 Å². The summed E-state index contributed by atoms with van der Waals surface area (Å²) in [6.07, 6.45) is 1.13. The van der Waals surface area contributed by atoms with Crippen LogP contribution in [0.15, 0.2) is 82.8 Å². The van der Waals surface area contributed by atoms with E-state index in [9.17, 15) is 23.3 Å². The van der Waals surface area contributed by atoms with Gasteiger partial charge in [-0.25, -0.2) is 13.8 Å². The zero-order valence-electron chi connectivity index (χ0n) is 16.8. The third-order valence-corrected chi connectivity index (χ3v) is 6.70. The summed E-state index contributed by atoms with van der Waals surface area (Å²) in [5.41, 5.74) is 2.45. The number of carbonyl (C=O) groups excluding carboxylic acids is 1. The van der Waals surface area contributed by atoms with Gasteiger partial charge in [-0.1, -0.05) is 41.4 Å². The molecule has 33 heavy (non-hydrogen) atoms. The summed E-state index contributed by atoms with van der Waals surface area (Å²) < 4.78 is 27.3. The molecule has 12 heteroatoms. The molecule has 0 spiro atoms. The molecule has 1 N–H and O–H groups in total. The quantitative estimate of drug-likeness (QED) is 0.278. The monoisotopic (exact) mass is 506 g/mol. The van der Waals surface area contributed by atoms with E-state index in [0.717, 1.165) is 10.5 Å². The van der Waals surface area contributed by atoms with Crippen LogP contribution in [0, 0.1) is 10.1 Å². The Morgan fingerprint density at radius 1 is 1.06 bits per heavy atom. The molecule has 0 aliphatic heterocycles. The molecule has 0 fully saturated rings. The fourth-order valence-electron chi connectivity index (χ4n) is 2.73. The van der Waals surface area contributed by atoms with Gasteiger partial charge >= 0.3 is 0 Å². The van der Waals surface area contributed by atoms with Crippen LogP contribution in [0.5, 0.6) is 0 Å². The fourth-order valence-corrected chi connectivity index (χ4v) is 4.46. The minimum absolute atomic E-state index is 0.000344. The van der Waals surface area contributed by atoms with Crippen LogP contribution in [0.2, 0.25) is 10.0 Å². The minimum atomic E-state index is -4.08. The lowest BCUT2D eigenvalue weighted by molar-refractivity contribution is -0.384. The number of hydrogen-bond donors (Lipinski definition) is 1. The van der Waals surface area contributed by atoms with Crippen molar-refractivity contribution in [3.63, 3.8) is 0 Å². The molecule has 0 bridgehead atoms. The van der Waals surface area contributed by atoms with Crippen LogP contribution in [-0.4, -0.2) is 32.0 Å². The molecule has 3 aromatic rings. The zero-order valence-corrected chi connectivity index (χ0v) is 19.1. The predicted molar refractivity (Wildman–Crippen MR) is 126 cm³/mol. The molecule has 1 amide bonds. The summed E-state index contributed by atoms with van der Waals surface area (Å²) in [6.45, 7) is -0.584. The molecule has 0 saturated heterocycles. The van der Waals surface area contributed by atoms with Gasteiger partial charge in [0.15, 0.2) is 0 Å². The van der Waals surface area contributed by atoms with E-state index in [1.54, 1.807) is 18.2 Å². The van der Waals surface area contributed by atoms with E-state index in [4.69, 9.17) is 23.2 Å². The van der Waals surface area contributed by atoms with Crippen LogP contribution in [0.4, 0.5) is 11.4 Å². The Morgan fingerprint density at radius 3 is 2.36 bits per heavy atom. The molecule has 0 aliphatic carbocycles. The summed E-state index contributed by atoms with van der Waals surface area (Å²) in [5.74, 6) is -0.748. The second-order valence-electron chi connectivity index (χ2n) is 6.56. The van der Waals surface area contributed by atoms with Crippen molar-refractivity contribution in [2.75, 3.05) is 10.8 Å². The first kappa shape index (κ1) is 24.2. The molecule has 170 valence electrons. The highest BCUT2D eigenvalue weighted by molar-refractivity contribution is 7.92. The van der Waals surface area contributed by atoms with Gasteiger partial charge in [-0.15, -0.1) is 0 Å². The highest BCUT2D eigenvalue weighted by Gasteiger charge is 2.27. The average molecular weight is 507 g/mol. The Hall–Kier alpha value is -3.47. The van der Waals surface area contributed by atoms with Crippen molar-refractivity contribution in [1.82, 2.24) is 5.43 Å². The van der Waals surface area contributed by atoms with E-state index in [2.05, 4.69) is 10.5 Å². The van der Waals surface area contributed by atoms with E-state index in [1.807, 2.05) is 0 Å². The van der Waals surface area contributed by atoms with Gasteiger partial charge in [0, 0.05) is 27.7 Å². The van der Waals surface area contributed by atoms with Gasteiger partial charge in [-0.05, 0) is 42.5 Å². The summed E-state index contributed by atoms with van der Waals surface area (Å²) in [4.78, 5) is 22.8. The van der Waals surface area contributed by atoms with Gasteiger partial charge in [0.2, 0.25) is 0 Å². The van der Waals surface area contributed by atoms with Gasteiger partial charge in [0.05, 0.1) is 21.7 Å². The fraction of sp³-hybridized carbons (Fsp3) is 0.0476. The number of hydrogen-bond acceptors (Lipinski definition) is 6. The number of rotatable bonds is 8. The normalized spacial score (nSPS) is 11.3. The number of carbonyl (C=O) groups is 1. The topological polar surface area (TPSA) is 122 Å². The third kappa shape index (κ3) is 6.07. The van der Waals surface area contributed by atoms with Crippen molar-refractivity contribution >= 4 is 56.7 Å². The van der Waals surface area contributed by atoms with Crippen LogP contribution < -0.4 is 9.73 Å². The lowest BCUT2D eigenvalue weighted by atomic mass is 10.2. The zero-order chi connectivity index (χ0) is 24.0. The number of nitrogens with one attached hydrogen (secondary N) is 1. The van der Waals surface area contributed by atoms with E-state index < -0.39 is 27.4 Å². The van der Waals surface area contributed by atoms with Crippen molar-refractivity contribution in [1.29, 1.82) is 0 Å². The Morgan fingerprint density at radius 2 is 1.73 bits per heavy atom. The number of nitro benzene ring substituents is 1. The van der Waals surface area contributed by atoms with Crippen LogP contribution in [0.25, 0.3) is 0 Å². The van der Waals surface area contributed by atoms with Crippen molar-refractivity contribution in [2.24, 2.45) is 5.10 Å². The SMILES string of the molecule is O=C(CN(c1ccc(Cl)cc1)S(=O)(=O)c1ccccc1)N/N=C/c1cc([N+](=O)[O-])ccc1Cl. The Balaban J connectivity index is 1.82. The summed E-state index contributed by atoms with van der Waals surface area (Å²) in [5, 5.41) is 15.2. The number of non-ortho nitro benzene ring substituents is 1. The van der Waals surface area contributed by atoms with Crippen molar-refractivity contribution in [3.8, 4) is 0 Å². The first-order chi connectivity index (χ1) is 15.7. The summed E-state index contributed by atoms with van der Waals surface area (Å²) in [6, 6.07) is 17.4. The van der Waals surface area contributed by atoms with Crippen molar-refractivity contribution in [2.45, 2.75) is 4.90 Å². The van der Waals surface area contributed by atoms with Crippen molar-refractivity contribution in [3.05, 3.63) is 98.5 Å². The van der Waals surface area contributed by atoms with Crippen molar-refractivity contribution < 1.29 is 18.1 Å². The smallest absolute Gasteiger partial charge is 0.270 e. The second-order valence-corrected chi connectivity index (χ2v) is 9.26.